The maximum Gasteiger partial charge on any atom is 0.302 e. The van der Waals surface area contributed by atoms with Gasteiger partial charge < -0.3 is 10.1 Å². The first kappa shape index (κ1) is 31.6. The Hall–Kier alpha value is -2.41. The van der Waals surface area contributed by atoms with Crippen LogP contribution in [0.4, 0.5) is 0 Å². The molecule has 0 saturated heterocycles. The van der Waals surface area contributed by atoms with Crippen LogP contribution in [0.25, 0.3) is 0 Å². The Morgan fingerprint density at radius 3 is 2.11 bits per heavy atom. The Balaban J connectivity index is 2.67. The first-order chi connectivity index (χ1) is 17.0. The van der Waals surface area contributed by atoms with Crippen LogP contribution in [-0.2, 0) is 30.6 Å². The SMILES string of the molecule is CC(=O)OC[C@@H](NC(=O)[C@H](CCCCCCCC(C)C)CC(=O)NOCc1ccccc1)C(C)(C)C. The van der Waals surface area contributed by atoms with Crippen molar-refractivity contribution in [1.82, 2.24) is 10.8 Å². The van der Waals surface area contributed by atoms with E-state index in [1.165, 1.54) is 26.2 Å². The topological polar surface area (TPSA) is 93.7 Å². The zero-order chi connectivity index (χ0) is 27.0. The molecule has 0 aliphatic rings. The lowest BCUT2D eigenvalue weighted by Crippen LogP contribution is -2.49. The van der Waals surface area contributed by atoms with Gasteiger partial charge >= 0.3 is 5.97 Å². The average Bonchev–Trinajstić information content (AvgIpc) is 2.79. The highest BCUT2D eigenvalue weighted by molar-refractivity contribution is 5.85. The fourth-order valence-corrected chi connectivity index (χ4v) is 3.84. The lowest BCUT2D eigenvalue weighted by molar-refractivity contribution is -0.144. The van der Waals surface area contributed by atoms with Crippen LogP contribution < -0.4 is 10.8 Å². The van der Waals surface area contributed by atoms with Crippen molar-refractivity contribution in [3.8, 4) is 0 Å². The van der Waals surface area contributed by atoms with E-state index in [0.717, 1.165) is 30.7 Å². The predicted molar refractivity (Wildman–Crippen MR) is 143 cm³/mol. The molecule has 2 N–H and O–H groups in total. The minimum Gasteiger partial charge on any atom is -0.464 e. The molecule has 0 bridgehead atoms. The molecule has 0 aliphatic heterocycles. The van der Waals surface area contributed by atoms with Crippen LogP contribution in [0.1, 0.15) is 98.5 Å². The normalized spacial score (nSPS) is 13.2. The van der Waals surface area contributed by atoms with E-state index in [4.69, 9.17) is 9.57 Å². The van der Waals surface area contributed by atoms with E-state index in [2.05, 4.69) is 24.6 Å². The summed E-state index contributed by atoms with van der Waals surface area (Å²) in [5.74, 6) is -0.663. The Morgan fingerprint density at radius 1 is 0.917 bits per heavy atom. The minimum absolute atomic E-state index is 0.0401. The zero-order valence-electron chi connectivity index (χ0n) is 23.2. The lowest BCUT2D eigenvalue weighted by atomic mass is 9.86. The van der Waals surface area contributed by atoms with E-state index < -0.39 is 5.92 Å². The van der Waals surface area contributed by atoms with Gasteiger partial charge in [-0.15, -0.1) is 0 Å². The summed E-state index contributed by atoms with van der Waals surface area (Å²) in [7, 11) is 0. The highest BCUT2D eigenvalue weighted by atomic mass is 16.6. The highest BCUT2D eigenvalue weighted by Gasteiger charge is 2.30. The van der Waals surface area contributed by atoms with Crippen molar-refractivity contribution < 1.29 is 24.0 Å². The summed E-state index contributed by atoms with van der Waals surface area (Å²) in [6, 6.07) is 9.21. The second-order valence-electron chi connectivity index (χ2n) is 11.2. The first-order valence-corrected chi connectivity index (χ1v) is 13.4. The van der Waals surface area contributed by atoms with Crippen LogP contribution in [0.15, 0.2) is 30.3 Å². The molecule has 0 aromatic heterocycles. The highest BCUT2D eigenvalue weighted by Crippen LogP contribution is 2.22. The maximum atomic E-state index is 13.2. The maximum absolute atomic E-state index is 13.2. The molecule has 1 rings (SSSR count). The lowest BCUT2D eigenvalue weighted by Gasteiger charge is -2.32. The van der Waals surface area contributed by atoms with Gasteiger partial charge in [-0.05, 0) is 23.3 Å². The number of ether oxygens (including phenoxy) is 1. The summed E-state index contributed by atoms with van der Waals surface area (Å²) in [5, 5.41) is 3.04. The Labute approximate surface area is 218 Å². The van der Waals surface area contributed by atoms with Crippen molar-refractivity contribution >= 4 is 17.8 Å². The van der Waals surface area contributed by atoms with Crippen LogP contribution in [-0.4, -0.2) is 30.4 Å². The molecule has 7 heteroatoms. The molecule has 0 fully saturated rings. The first-order valence-electron chi connectivity index (χ1n) is 13.4. The quantitative estimate of drug-likeness (QED) is 0.161. The van der Waals surface area contributed by atoms with Crippen molar-refractivity contribution in [1.29, 1.82) is 0 Å². The van der Waals surface area contributed by atoms with E-state index in [0.29, 0.717) is 6.42 Å². The van der Waals surface area contributed by atoms with Gasteiger partial charge in [-0.1, -0.05) is 103 Å². The second-order valence-corrected chi connectivity index (χ2v) is 11.2. The van der Waals surface area contributed by atoms with Crippen molar-refractivity contribution in [2.75, 3.05) is 6.61 Å². The number of nitrogens with one attached hydrogen (secondary N) is 2. The van der Waals surface area contributed by atoms with Crippen LogP contribution in [0.2, 0.25) is 0 Å². The molecule has 0 radical (unpaired) electrons. The third kappa shape index (κ3) is 14.9. The van der Waals surface area contributed by atoms with E-state index in [1.807, 2.05) is 51.1 Å². The fraction of sp³-hybridized carbons (Fsp3) is 0.690. The van der Waals surface area contributed by atoms with Crippen LogP contribution >= 0.6 is 0 Å². The zero-order valence-corrected chi connectivity index (χ0v) is 23.2. The molecule has 2 atom stereocenters. The summed E-state index contributed by atoms with van der Waals surface area (Å²) in [6.45, 7) is 12.1. The van der Waals surface area contributed by atoms with Gasteiger partial charge in [0.2, 0.25) is 11.8 Å². The Morgan fingerprint density at radius 2 is 1.53 bits per heavy atom. The summed E-state index contributed by atoms with van der Waals surface area (Å²) in [4.78, 5) is 42.5. The summed E-state index contributed by atoms with van der Waals surface area (Å²) in [6.07, 6.45) is 7.36. The molecule has 7 nitrogen and oxygen atoms in total. The van der Waals surface area contributed by atoms with Crippen LogP contribution in [0.5, 0.6) is 0 Å². The number of amides is 2. The number of carbonyl (C=O) groups excluding carboxylic acids is 3. The standard InChI is InChI=1S/C29H48N2O5/c1-22(2)15-11-8-7-9-14-18-25(19-27(33)31-36-20-24-16-12-10-13-17-24)28(34)30-26(29(4,5)6)21-35-23(3)32/h10,12-13,16-17,22,25-26H,7-9,11,14-15,18-21H2,1-6H3,(H,30,34)(H,31,33)/t25-,26-/m1/s1. The van der Waals surface area contributed by atoms with E-state index in [-0.39, 0.29) is 48.9 Å². The molecule has 204 valence electrons. The summed E-state index contributed by atoms with van der Waals surface area (Å²) in [5.41, 5.74) is 3.12. The minimum atomic E-state index is -0.483. The van der Waals surface area contributed by atoms with Crippen LogP contribution in [0, 0.1) is 17.3 Å². The molecule has 2 amide bonds. The number of benzene rings is 1. The number of hydrogen-bond donors (Lipinski definition) is 2. The molecule has 0 spiro atoms. The Kier molecular flexibility index (Phi) is 15.0. The molecule has 0 unspecified atom stereocenters. The van der Waals surface area contributed by atoms with Gasteiger partial charge in [-0.3, -0.25) is 19.2 Å². The molecule has 36 heavy (non-hydrogen) atoms. The monoisotopic (exact) mass is 504 g/mol. The summed E-state index contributed by atoms with van der Waals surface area (Å²) >= 11 is 0. The number of carbonyl (C=O) groups is 3. The third-order valence-electron chi connectivity index (χ3n) is 6.22. The molecule has 1 aromatic carbocycles. The van der Waals surface area contributed by atoms with Crippen molar-refractivity contribution in [2.45, 2.75) is 106 Å². The van der Waals surface area contributed by atoms with Crippen molar-refractivity contribution in [3.05, 3.63) is 35.9 Å². The molecule has 0 aliphatic carbocycles. The molecular weight excluding hydrogens is 456 g/mol. The van der Waals surface area contributed by atoms with Gasteiger partial charge in [0, 0.05) is 19.3 Å². The number of hydroxylamine groups is 1. The fourth-order valence-electron chi connectivity index (χ4n) is 3.84. The van der Waals surface area contributed by atoms with Gasteiger partial charge in [-0.25, -0.2) is 5.48 Å². The van der Waals surface area contributed by atoms with E-state index in [9.17, 15) is 14.4 Å². The van der Waals surface area contributed by atoms with Crippen molar-refractivity contribution in [2.24, 2.45) is 17.3 Å². The van der Waals surface area contributed by atoms with Gasteiger partial charge in [0.15, 0.2) is 0 Å². The number of rotatable bonds is 17. The smallest absolute Gasteiger partial charge is 0.302 e. The largest absolute Gasteiger partial charge is 0.464 e. The average molecular weight is 505 g/mol. The number of hydrogen-bond acceptors (Lipinski definition) is 5. The number of esters is 1. The predicted octanol–water partition coefficient (Wildman–Crippen LogP) is 5.72. The summed E-state index contributed by atoms with van der Waals surface area (Å²) < 4.78 is 5.19. The third-order valence-corrected chi connectivity index (χ3v) is 6.22. The van der Waals surface area contributed by atoms with Gasteiger partial charge in [0.25, 0.3) is 0 Å². The second kappa shape index (κ2) is 17.1. The van der Waals surface area contributed by atoms with Crippen LogP contribution in [0.3, 0.4) is 0 Å². The van der Waals surface area contributed by atoms with Crippen molar-refractivity contribution in [3.63, 3.8) is 0 Å². The van der Waals surface area contributed by atoms with E-state index in [1.54, 1.807) is 0 Å². The van der Waals surface area contributed by atoms with Gasteiger partial charge in [-0.2, -0.15) is 0 Å². The van der Waals surface area contributed by atoms with E-state index >= 15 is 0 Å². The number of unbranched alkanes of at least 4 members (excludes halogenated alkanes) is 4. The molecule has 0 heterocycles. The molecular formula is C29H48N2O5. The Bertz CT molecular complexity index is 774. The molecule has 1 aromatic rings. The molecule has 0 saturated carbocycles. The van der Waals surface area contributed by atoms with Gasteiger partial charge in [0.05, 0.1) is 12.6 Å². The van der Waals surface area contributed by atoms with Gasteiger partial charge in [0.1, 0.15) is 6.61 Å².